The molecule has 1 aromatic carbocycles. The number of nitrogens with zero attached hydrogens (tertiary/aromatic N) is 2. The largest absolute Gasteiger partial charge is 0.490 e. The van der Waals surface area contributed by atoms with Crippen LogP contribution in [0.3, 0.4) is 0 Å². The molecule has 0 atom stereocenters. The maximum Gasteiger partial charge on any atom is 0.121 e. The summed E-state index contributed by atoms with van der Waals surface area (Å²) >= 11 is 0. The van der Waals surface area contributed by atoms with Gasteiger partial charge in [-0.2, -0.15) is 0 Å². The van der Waals surface area contributed by atoms with Crippen LogP contribution in [-0.2, 0) is 6.42 Å². The highest BCUT2D eigenvalue weighted by atomic mass is 16.5. The van der Waals surface area contributed by atoms with Gasteiger partial charge in [-0.25, -0.2) is 0 Å². The fourth-order valence-electron chi connectivity index (χ4n) is 3.29. The van der Waals surface area contributed by atoms with E-state index in [1.165, 1.54) is 17.7 Å². The van der Waals surface area contributed by atoms with E-state index in [2.05, 4.69) is 48.9 Å². The van der Waals surface area contributed by atoms with Crippen LogP contribution in [0.15, 0.2) is 18.2 Å². The molecule has 0 bridgehead atoms. The van der Waals surface area contributed by atoms with E-state index in [-0.39, 0.29) is 0 Å². The Morgan fingerprint density at radius 3 is 2.60 bits per heavy atom. The van der Waals surface area contributed by atoms with E-state index in [4.69, 9.17) is 4.74 Å². The van der Waals surface area contributed by atoms with E-state index in [9.17, 15) is 0 Å². The molecule has 1 aromatic rings. The standard InChI is InChI=1S/C17H26N2O/c1-13(2)19-11-6-14-4-5-16(12-17(14)19)20-15-7-9-18(3)10-8-15/h4-5,12-13,15H,6-11H2,1-3H3. The second kappa shape index (κ2) is 5.65. The van der Waals surface area contributed by atoms with Gasteiger partial charge in [-0.15, -0.1) is 0 Å². The smallest absolute Gasteiger partial charge is 0.121 e. The zero-order chi connectivity index (χ0) is 14.1. The molecule has 0 N–H and O–H groups in total. The van der Waals surface area contributed by atoms with Crippen LogP contribution < -0.4 is 9.64 Å². The Morgan fingerprint density at radius 2 is 1.90 bits per heavy atom. The summed E-state index contributed by atoms with van der Waals surface area (Å²) in [6.45, 7) is 7.96. The predicted molar refractivity (Wildman–Crippen MR) is 83.8 cm³/mol. The monoisotopic (exact) mass is 274 g/mol. The Kier molecular flexibility index (Phi) is 3.88. The topological polar surface area (TPSA) is 15.7 Å². The summed E-state index contributed by atoms with van der Waals surface area (Å²) in [4.78, 5) is 4.86. The summed E-state index contributed by atoms with van der Waals surface area (Å²) in [6, 6.07) is 7.22. The fourth-order valence-corrected chi connectivity index (χ4v) is 3.29. The predicted octanol–water partition coefficient (Wildman–Crippen LogP) is 2.93. The molecule has 0 unspecified atom stereocenters. The Labute approximate surface area is 122 Å². The maximum atomic E-state index is 6.20. The van der Waals surface area contributed by atoms with Gasteiger partial charge in [-0.05, 0) is 51.8 Å². The van der Waals surface area contributed by atoms with Gasteiger partial charge in [0.05, 0.1) is 0 Å². The van der Waals surface area contributed by atoms with Crippen LogP contribution in [0.4, 0.5) is 5.69 Å². The molecule has 110 valence electrons. The van der Waals surface area contributed by atoms with E-state index in [0.717, 1.165) is 38.2 Å². The van der Waals surface area contributed by atoms with Crippen LogP contribution in [0.5, 0.6) is 5.75 Å². The lowest BCUT2D eigenvalue weighted by molar-refractivity contribution is 0.114. The third-order valence-electron chi connectivity index (χ3n) is 4.58. The SMILES string of the molecule is CC(C)N1CCc2ccc(OC3CCN(C)CC3)cc21. The van der Waals surface area contributed by atoms with Crippen LogP contribution in [-0.4, -0.2) is 43.7 Å². The van der Waals surface area contributed by atoms with Crippen molar-refractivity contribution >= 4 is 5.69 Å². The van der Waals surface area contributed by atoms with E-state index in [1.807, 2.05) is 0 Å². The van der Waals surface area contributed by atoms with E-state index in [0.29, 0.717) is 12.1 Å². The molecule has 3 nitrogen and oxygen atoms in total. The molecular weight excluding hydrogens is 248 g/mol. The number of benzene rings is 1. The number of fused-ring (bicyclic) bond motifs is 1. The first-order valence-electron chi connectivity index (χ1n) is 7.88. The molecule has 0 aliphatic carbocycles. The summed E-state index contributed by atoms with van der Waals surface area (Å²) in [7, 11) is 2.19. The molecule has 1 saturated heterocycles. The highest BCUT2D eigenvalue weighted by Crippen LogP contribution is 2.33. The molecule has 3 heteroatoms. The Hall–Kier alpha value is -1.22. The van der Waals surface area contributed by atoms with Gasteiger partial charge in [-0.1, -0.05) is 6.07 Å². The summed E-state index contributed by atoms with van der Waals surface area (Å²) in [6.07, 6.45) is 3.84. The summed E-state index contributed by atoms with van der Waals surface area (Å²) in [5.74, 6) is 1.05. The first-order valence-corrected chi connectivity index (χ1v) is 7.88. The number of hydrogen-bond donors (Lipinski definition) is 0. The van der Waals surface area contributed by atoms with E-state index >= 15 is 0 Å². The Balaban J connectivity index is 1.71. The van der Waals surface area contributed by atoms with Crippen molar-refractivity contribution in [2.24, 2.45) is 0 Å². The minimum atomic E-state index is 0.387. The molecule has 0 radical (unpaired) electrons. The third-order valence-corrected chi connectivity index (χ3v) is 4.58. The molecule has 0 spiro atoms. The van der Waals surface area contributed by atoms with Crippen LogP contribution in [0, 0.1) is 0 Å². The van der Waals surface area contributed by atoms with Crippen molar-refractivity contribution < 1.29 is 4.74 Å². The molecule has 3 rings (SSSR count). The average molecular weight is 274 g/mol. The van der Waals surface area contributed by atoms with Crippen molar-refractivity contribution in [2.45, 2.75) is 45.3 Å². The number of piperidine rings is 1. The summed E-state index contributed by atoms with van der Waals surface area (Å²) < 4.78 is 6.20. The van der Waals surface area contributed by atoms with Crippen LogP contribution in [0.1, 0.15) is 32.3 Å². The van der Waals surface area contributed by atoms with Gasteiger partial charge in [0.25, 0.3) is 0 Å². The van der Waals surface area contributed by atoms with Crippen molar-refractivity contribution in [1.82, 2.24) is 4.90 Å². The van der Waals surface area contributed by atoms with Crippen molar-refractivity contribution in [2.75, 3.05) is 31.6 Å². The van der Waals surface area contributed by atoms with Gasteiger partial charge in [0.15, 0.2) is 0 Å². The van der Waals surface area contributed by atoms with E-state index in [1.54, 1.807) is 0 Å². The summed E-state index contributed by atoms with van der Waals surface area (Å²) in [5, 5.41) is 0. The lowest BCUT2D eigenvalue weighted by Crippen LogP contribution is -2.35. The number of ether oxygens (including phenoxy) is 1. The molecule has 2 heterocycles. The molecular formula is C17H26N2O. The minimum Gasteiger partial charge on any atom is -0.490 e. The van der Waals surface area contributed by atoms with Gasteiger partial charge in [0, 0.05) is 37.4 Å². The Bertz CT molecular complexity index is 464. The second-order valence-electron chi connectivity index (χ2n) is 6.45. The second-order valence-corrected chi connectivity index (χ2v) is 6.45. The quantitative estimate of drug-likeness (QED) is 0.843. The molecule has 0 saturated carbocycles. The molecule has 0 aromatic heterocycles. The minimum absolute atomic E-state index is 0.387. The van der Waals surface area contributed by atoms with Crippen molar-refractivity contribution in [3.05, 3.63) is 23.8 Å². The average Bonchev–Trinajstić information content (AvgIpc) is 2.84. The van der Waals surface area contributed by atoms with E-state index < -0.39 is 0 Å². The van der Waals surface area contributed by atoms with Gasteiger partial charge >= 0.3 is 0 Å². The lowest BCUT2D eigenvalue weighted by Gasteiger charge is -2.30. The highest BCUT2D eigenvalue weighted by molar-refractivity contribution is 5.61. The number of hydrogen-bond acceptors (Lipinski definition) is 3. The number of rotatable bonds is 3. The maximum absolute atomic E-state index is 6.20. The zero-order valence-corrected chi connectivity index (χ0v) is 12.9. The lowest BCUT2D eigenvalue weighted by atomic mass is 10.1. The molecule has 2 aliphatic rings. The first kappa shape index (κ1) is 13.7. The Morgan fingerprint density at radius 1 is 1.15 bits per heavy atom. The van der Waals surface area contributed by atoms with Crippen LogP contribution in [0.2, 0.25) is 0 Å². The number of likely N-dealkylation sites (tertiary alicyclic amines) is 1. The molecule has 20 heavy (non-hydrogen) atoms. The first-order chi connectivity index (χ1) is 9.63. The van der Waals surface area contributed by atoms with Crippen molar-refractivity contribution in [1.29, 1.82) is 0 Å². The third kappa shape index (κ3) is 2.78. The van der Waals surface area contributed by atoms with Crippen LogP contribution >= 0.6 is 0 Å². The fraction of sp³-hybridized carbons (Fsp3) is 0.647. The zero-order valence-electron chi connectivity index (χ0n) is 12.9. The molecule has 1 fully saturated rings. The van der Waals surface area contributed by atoms with Gasteiger partial charge in [0.1, 0.15) is 11.9 Å². The van der Waals surface area contributed by atoms with Gasteiger partial charge in [0.2, 0.25) is 0 Å². The van der Waals surface area contributed by atoms with Crippen molar-refractivity contribution in [3.8, 4) is 5.75 Å². The van der Waals surface area contributed by atoms with Crippen LogP contribution in [0.25, 0.3) is 0 Å². The van der Waals surface area contributed by atoms with Gasteiger partial charge < -0.3 is 14.5 Å². The van der Waals surface area contributed by atoms with Gasteiger partial charge in [-0.3, -0.25) is 0 Å². The molecule has 2 aliphatic heterocycles. The normalized spacial score (nSPS) is 20.5. The highest BCUT2D eigenvalue weighted by Gasteiger charge is 2.23. The number of anilines is 1. The molecule has 0 amide bonds. The van der Waals surface area contributed by atoms with Crippen molar-refractivity contribution in [3.63, 3.8) is 0 Å². The summed E-state index contributed by atoms with van der Waals surface area (Å²) in [5.41, 5.74) is 2.85.